The summed E-state index contributed by atoms with van der Waals surface area (Å²) in [7, 11) is 0. The molecule has 1 nitrogen and oxygen atoms in total. The van der Waals surface area contributed by atoms with Crippen molar-refractivity contribution >= 4 is 27.7 Å². The Balaban J connectivity index is 2.59. The first-order valence-corrected chi connectivity index (χ1v) is 6.23. The van der Waals surface area contributed by atoms with Crippen LogP contribution in [0.2, 0.25) is 0 Å². The summed E-state index contributed by atoms with van der Waals surface area (Å²) < 4.78 is 14.1. The quantitative estimate of drug-likeness (QED) is 0.915. The highest BCUT2D eigenvalue weighted by atomic mass is 79.9. The Morgan fingerprint density at radius 1 is 1.57 bits per heavy atom. The number of rotatable bonds is 4. The van der Waals surface area contributed by atoms with Gasteiger partial charge in [0.2, 0.25) is 0 Å². The van der Waals surface area contributed by atoms with Crippen molar-refractivity contribution in [2.24, 2.45) is 5.73 Å². The molecular formula is C10H13BrFNS. The van der Waals surface area contributed by atoms with E-state index in [1.807, 2.05) is 13.0 Å². The summed E-state index contributed by atoms with van der Waals surface area (Å²) in [6.45, 7) is 2.67. The molecule has 0 aliphatic carbocycles. The van der Waals surface area contributed by atoms with E-state index in [2.05, 4.69) is 15.9 Å². The van der Waals surface area contributed by atoms with Crippen LogP contribution in [0.5, 0.6) is 0 Å². The predicted octanol–water partition coefficient (Wildman–Crippen LogP) is 3.17. The minimum absolute atomic E-state index is 0.156. The predicted molar refractivity (Wildman–Crippen MR) is 63.9 cm³/mol. The Labute approximate surface area is 96.4 Å². The van der Waals surface area contributed by atoms with Gasteiger partial charge in [-0.1, -0.05) is 28.9 Å². The molecule has 0 heterocycles. The van der Waals surface area contributed by atoms with Crippen molar-refractivity contribution in [3.63, 3.8) is 0 Å². The summed E-state index contributed by atoms with van der Waals surface area (Å²) >= 11 is 4.89. The molecule has 0 radical (unpaired) electrons. The van der Waals surface area contributed by atoms with E-state index in [0.29, 0.717) is 17.5 Å². The highest BCUT2D eigenvalue weighted by Gasteiger charge is 2.05. The van der Waals surface area contributed by atoms with Gasteiger partial charge < -0.3 is 5.73 Å². The van der Waals surface area contributed by atoms with Crippen LogP contribution in [-0.4, -0.2) is 11.8 Å². The lowest BCUT2D eigenvalue weighted by Crippen LogP contribution is -2.12. The van der Waals surface area contributed by atoms with Crippen LogP contribution < -0.4 is 5.73 Å². The molecule has 78 valence electrons. The normalized spacial score (nSPS) is 12.9. The lowest BCUT2D eigenvalue weighted by atomic mass is 10.2. The summed E-state index contributed by atoms with van der Waals surface area (Å²) in [5.74, 6) is 0.522. The zero-order valence-corrected chi connectivity index (χ0v) is 10.4. The average molecular weight is 278 g/mol. The summed E-state index contributed by atoms with van der Waals surface area (Å²) in [6, 6.07) is 5.14. The zero-order chi connectivity index (χ0) is 10.6. The molecule has 1 aromatic carbocycles. The van der Waals surface area contributed by atoms with Crippen molar-refractivity contribution in [1.82, 2.24) is 0 Å². The van der Waals surface area contributed by atoms with E-state index in [1.54, 1.807) is 17.8 Å². The van der Waals surface area contributed by atoms with Crippen molar-refractivity contribution < 1.29 is 4.39 Å². The van der Waals surface area contributed by atoms with Gasteiger partial charge in [-0.3, -0.25) is 0 Å². The second-order valence-electron chi connectivity index (χ2n) is 3.09. The fourth-order valence-electron chi connectivity index (χ4n) is 0.939. The maximum absolute atomic E-state index is 13.3. The van der Waals surface area contributed by atoms with Crippen molar-refractivity contribution in [3.8, 4) is 0 Å². The molecule has 0 fully saturated rings. The molecule has 0 aliphatic rings. The van der Waals surface area contributed by atoms with Crippen LogP contribution in [0.1, 0.15) is 12.5 Å². The van der Waals surface area contributed by atoms with Gasteiger partial charge in [-0.25, -0.2) is 4.39 Å². The molecule has 0 aliphatic heterocycles. The van der Waals surface area contributed by atoms with Gasteiger partial charge in [-0.05, 0) is 17.7 Å². The van der Waals surface area contributed by atoms with Gasteiger partial charge in [-0.2, -0.15) is 11.8 Å². The first-order chi connectivity index (χ1) is 6.63. The van der Waals surface area contributed by atoms with Crippen LogP contribution in [0.15, 0.2) is 22.7 Å². The van der Waals surface area contributed by atoms with Crippen molar-refractivity contribution in [2.75, 3.05) is 6.54 Å². The molecule has 14 heavy (non-hydrogen) atoms. The molecular weight excluding hydrogens is 265 g/mol. The van der Waals surface area contributed by atoms with Gasteiger partial charge in [0.15, 0.2) is 0 Å². The second kappa shape index (κ2) is 5.73. The molecule has 0 saturated heterocycles. The summed E-state index contributed by atoms with van der Waals surface area (Å²) in [5, 5.41) is 0.373. The van der Waals surface area contributed by atoms with E-state index in [9.17, 15) is 4.39 Å². The average Bonchev–Trinajstić information content (AvgIpc) is 2.16. The van der Waals surface area contributed by atoms with Crippen LogP contribution >= 0.6 is 27.7 Å². The number of benzene rings is 1. The molecule has 4 heteroatoms. The maximum atomic E-state index is 13.3. The number of nitrogens with two attached hydrogens (primary N) is 1. The third-order valence-electron chi connectivity index (χ3n) is 1.87. The Kier molecular flexibility index (Phi) is 4.92. The Morgan fingerprint density at radius 3 is 2.86 bits per heavy atom. The number of halogens is 2. The fraction of sp³-hybridized carbons (Fsp3) is 0.400. The molecule has 1 atom stereocenters. The second-order valence-corrected chi connectivity index (χ2v) is 5.44. The lowest BCUT2D eigenvalue weighted by molar-refractivity contribution is 0.616. The van der Waals surface area contributed by atoms with E-state index < -0.39 is 0 Å². The van der Waals surface area contributed by atoms with E-state index in [4.69, 9.17) is 5.73 Å². The third kappa shape index (κ3) is 3.59. The molecule has 2 N–H and O–H groups in total. The minimum atomic E-state index is -0.156. The van der Waals surface area contributed by atoms with Crippen molar-refractivity contribution in [1.29, 1.82) is 0 Å². The Hall–Kier alpha value is -0.0600. The van der Waals surface area contributed by atoms with Gasteiger partial charge in [0.05, 0.1) is 0 Å². The highest BCUT2D eigenvalue weighted by Crippen LogP contribution is 2.21. The molecule has 1 aromatic rings. The van der Waals surface area contributed by atoms with Gasteiger partial charge >= 0.3 is 0 Å². The summed E-state index contributed by atoms with van der Waals surface area (Å²) in [5.41, 5.74) is 6.21. The standard InChI is InChI=1S/C10H13BrFNS/c1-7(5-13)14-6-8-2-3-9(11)4-10(8)12/h2-4,7H,5-6,13H2,1H3. The van der Waals surface area contributed by atoms with Gasteiger partial charge in [0, 0.05) is 22.0 Å². The maximum Gasteiger partial charge on any atom is 0.128 e. The highest BCUT2D eigenvalue weighted by molar-refractivity contribution is 9.10. The monoisotopic (exact) mass is 277 g/mol. The largest absolute Gasteiger partial charge is 0.329 e. The third-order valence-corrected chi connectivity index (χ3v) is 3.60. The van der Waals surface area contributed by atoms with E-state index in [0.717, 1.165) is 10.0 Å². The fourth-order valence-corrected chi connectivity index (χ4v) is 2.11. The van der Waals surface area contributed by atoms with Gasteiger partial charge in [-0.15, -0.1) is 0 Å². The molecule has 0 spiro atoms. The Morgan fingerprint density at radius 2 is 2.29 bits per heavy atom. The number of hydrogen-bond donors (Lipinski definition) is 1. The van der Waals surface area contributed by atoms with Crippen LogP contribution in [0.25, 0.3) is 0 Å². The summed E-state index contributed by atoms with van der Waals surface area (Å²) in [4.78, 5) is 0. The summed E-state index contributed by atoms with van der Waals surface area (Å²) in [6.07, 6.45) is 0. The van der Waals surface area contributed by atoms with Crippen LogP contribution in [0.3, 0.4) is 0 Å². The lowest BCUT2D eigenvalue weighted by Gasteiger charge is -2.08. The Bertz CT molecular complexity index is 306. The smallest absolute Gasteiger partial charge is 0.128 e. The molecule has 0 saturated carbocycles. The molecule has 1 unspecified atom stereocenters. The van der Waals surface area contributed by atoms with Crippen LogP contribution in [0, 0.1) is 5.82 Å². The minimum Gasteiger partial charge on any atom is -0.329 e. The first-order valence-electron chi connectivity index (χ1n) is 4.39. The van der Waals surface area contributed by atoms with E-state index in [1.165, 1.54) is 6.07 Å². The van der Waals surface area contributed by atoms with Gasteiger partial charge in [0.1, 0.15) is 5.82 Å². The number of hydrogen-bond acceptors (Lipinski definition) is 2. The van der Waals surface area contributed by atoms with E-state index in [-0.39, 0.29) is 5.82 Å². The SMILES string of the molecule is CC(CN)SCc1ccc(Br)cc1F. The topological polar surface area (TPSA) is 26.0 Å². The number of thioether (sulfide) groups is 1. The van der Waals surface area contributed by atoms with E-state index >= 15 is 0 Å². The first kappa shape index (κ1) is 12.0. The zero-order valence-electron chi connectivity index (χ0n) is 7.97. The van der Waals surface area contributed by atoms with Crippen LogP contribution in [0.4, 0.5) is 4.39 Å². The molecule has 0 bridgehead atoms. The van der Waals surface area contributed by atoms with Gasteiger partial charge in [0.25, 0.3) is 0 Å². The molecule has 0 amide bonds. The molecule has 0 aromatic heterocycles. The molecule has 1 rings (SSSR count). The van der Waals surface area contributed by atoms with Crippen molar-refractivity contribution in [2.45, 2.75) is 17.9 Å². The van der Waals surface area contributed by atoms with Crippen molar-refractivity contribution in [3.05, 3.63) is 34.1 Å². The van der Waals surface area contributed by atoms with Crippen LogP contribution in [-0.2, 0) is 5.75 Å².